The van der Waals surface area contributed by atoms with Crippen molar-refractivity contribution in [2.24, 2.45) is 0 Å². The van der Waals surface area contributed by atoms with Gasteiger partial charge in [0, 0.05) is 5.56 Å². The van der Waals surface area contributed by atoms with Crippen molar-refractivity contribution in [3.63, 3.8) is 0 Å². The predicted octanol–water partition coefficient (Wildman–Crippen LogP) is -1.96. The van der Waals surface area contributed by atoms with Crippen molar-refractivity contribution in [3.05, 3.63) is 36.2 Å². The topological polar surface area (TPSA) is 66.6 Å². The minimum atomic E-state index is 0. The Bertz CT molecular complexity index is 414. The van der Waals surface area contributed by atoms with Crippen LogP contribution in [-0.4, -0.2) is 10.1 Å². The largest absolute Gasteiger partial charge is 1.00 e. The molecule has 3 N–H and O–H groups in total. The van der Waals surface area contributed by atoms with Gasteiger partial charge >= 0.3 is 0 Å². The van der Waals surface area contributed by atoms with Crippen molar-refractivity contribution in [3.8, 4) is 11.4 Å². The van der Waals surface area contributed by atoms with E-state index in [4.69, 9.17) is 4.52 Å². The number of halogens is 1. The lowest BCUT2D eigenvalue weighted by Crippen LogP contribution is -3.00. The van der Waals surface area contributed by atoms with E-state index in [-0.39, 0.29) is 18.4 Å². The Morgan fingerprint density at radius 3 is 2.47 bits per heavy atom. The third kappa shape index (κ3) is 2.55. The van der Waals surface area contributed by atoms with Crippen LogP contribution >= 0.6 is 0 Å². The summed E-state index contributed by atoms with van der Waals surface area (Å²) in [7, 11) is 0. The van der Waals surface area contributed by atoms with Crippen LogP contribution in [0.2, 0.25) is 0 Å². The summed E-state index contributed by atoms with van der Waals surface area (Å²) in [5.74, 6) is 1.19. The summed E-state index contributed by atoms with van der Waals surface area (Å²) in [6.45, 7) is 1.92. The highest BCUT2D eigenvalue weighted by atomic mass is 35.5. The van der Waals surface area contributed by atoms with Crippen molar-refractivity contribution in [1.29, 1.82) is 0 Å². The van der Waals surface area contributed by atoms with Gasteiger partial charge in [0.1, 0.15) is 0 Å². The molecule has 0 aliphatic carbocycles. The van der Waals surface area contributed by atoms with E-state index in [9.17, 15) is 0 Å². The van der Waals surface area contributed by atoms with E-state index in [0.717, 1.165) is 5.56 Å². The number of benzene rings is 1. The van der Waals surface area contributed by atoms with Crippen molar-refractivity contribution in [2.75, 3.05) is 0 Å². The van der Waals surface area contributed by atoms with E-state index in [1.54, 1.807) is 0 Å². The quantitative estimate of drug-likeness (QED) is 0.646. The Morgan fingerprint density at radius 2 is 1.93 bits per heavy atom. The Balaban J connectivity index is 0.00000112. The number of hydrogen-bond acceptors (Lipinski definition) is 3. The lowest BCUT2D eigenvalue weighted by Gasteiger charge is -1.91. The number of aromatic nitrogens is 2. The van der Waals surface area contributed by atoms with Gasteiger partial charge in [-0.1, -0.05) is 35.5 Å². The molecule has 5 heteroatoms. The molecule has 1 aromatic carbocycles. The van der Waals surface area contributed by atoms with Gasteiger partial charge in [-0.3, -0.25) is 0 Å². The average molecular weight is 226 g/mol. The zero-order valence-corrected chi connectivity index (χ0v) is 9.11. The van der Waals surface area contributed by atoms with Crippen molar-refractivity contribution in [1.82, 2.24) is 10.1 Å². The Hall–Kier alpha value is -1.39. The van der Waals surface area contributed by atoms with E-state index >= 15 is 0 Å². The molecule has 0 aliphatic rings. The summed E-state index contributed by atoms with van der Waals surface area (Å²) in [4.78, 5) is 4.24. The van der Waals surface area contributed by atoms with Crippen LogP contribution in [0.5, 0.6) is 0 Å². The molecule has 0 spiro atoms. The van der Waals surface area contributed by atoms with E-state index < -0.39 is 0 Å². The second-order valence-electron chi connectivity index (χ2n) is 3.22. The number of quaternary nitrogens is 1. The first-order chi connectivity index (χ1) is 6.77. The molecule has 0 saturated carbocycles. The molecular formula is C10H12ClN3O. The Labute approximate surface area is 93.9 Å². The summed E-state index contributed by atoms with van der Waals surface area (Å²) in [6, 6.07) is 9.76. The van der Waals surface area contributed by atoms with E-state index in [1.165, 1.54) is 0 Å². The molecule has 1 atom stereocenters. The molecule has 0 radical (unpaired) electrons. The highest BCUT2D eigenvalue weighted by Gasteiger charge is 2.13. The molecule has 2 aromatic rings. The van der Waals surface area contributed by atoms with Crippen molar-refractivity contribution < 1.29 is 22.7 Å². The minimum absolute atomic E-state index is 0. The van der Waals surface area contributed by atoms with Gasteiger partial charge < -0.3 is 22.7 Å². The molecule has 0 aliphatic heterocycles. The van der Waals surface area contributed by atoms with E-state index in [2.05, 4.69) is 15.9 Å². The fraction of sp³-hybridized carbons (Fsp3) is 0.200. The molecule has 80 valence electrons. The molecule has 0 fully saturated rings. The van der Waals surface area contributed by atoms with E-state index in [0.29, 0.717) is 11.7 Å². The lowest BCUT2D eigenvalue weighted by molar-refractivity contribution is -0.425. The summed E-state index contributed by atoms with van der Waals surface area (Å²) in [5, 5.41) is 3.88. The molecule has 0 saturated heterocycles. The molecular weight excluding hydrogens is 214 g/mol. The minimum Gasteiger partial charge on any atom is -1.00 e. The maximum absolute atomic E-state index is 5.06. The maximum atomic E-state index is 5.06. The van der Waals surface area contributed by atoms with Crippen LogP contribution in [0.25, 0.3) is 11.4 Å². The highest BCUT2D eigenvalue weighted by molar-refractivity contribution is 5.53. The van der Waals surface area contributed by atoms with Crippen molar-refractivity contribution >= 4 is 0 Å². The Kier molecular flexibility index (Phi) is 3.82. The van der Waals surface area contributed by atoms with Crippen LogP contribution in [0.1, 0.15) is 18.9 Å². The van der Waals surface area contributed by atoms with Gasteiger partial charge in [-0.15, -0.1) is 0 Å². The fourth-order valence-electron chi connectivity index (χ4n) is 1.14. The molecule has 2 rings (SSSR count). The first-order valence-electron chi connectivity index (χ1n) is 4.49. The van der Waals surface area contributed by atoms with Crippen LogP contribution in [0.4, 0.5) is 0 Å². The maximum Gasteiger partial charge on any atom is 0.284 e. The number of hydrogen-bond donors (Lipinski definition) is 1. The zero-order chi connectivity index (χ0) is 9.97. The number of nitrogens with zero attached hydrogens (tertiary/aromatic N) is 2. The third-order valence-electron chi connectivity index (χ3n) is 1.90. The summed E-state index contributed by atoms with van der Waals surface area (Å²) < 4.78 is 5.06. The van der Waals surface area contributed by atoms with Gasteiger partial charge in [0.15, 0.2) is 6.04 Å². The first-order valence-corrected chi connectivity index (χ1v) is 4.49. The summed E-state index contributed by atoms with van der Waals surface area (Å²) >= 11 is 0. The standard InChI is InChI=1S/C10H11N3O.ClH/c1-7(11)10-12-9(13-14-10)8-5-3-2-4-6-8;/h2-7H,11H2,1H3;1H. The van der Waals surface area contributed by atoms with E-state index in [1.807, 2.05) is 37.3 Å². The van der Waals surface area contributed by atoms with Gasteiger partial charge in [-0.25, -0.2) is 0 Å². The van der Waals surface area contributed by atoms with Gasteiger partial charge in [0.05, 0.1) is 0 Å². The lowest BCUT2D eigenvalue weighted by atomic mass is 10.2. The van der Waals surface area contributed by atoms with Gasteiger partial charge in [-0.05, 0) is 6.92 Å². The second kappa shape index (κ2) is 4.91. The monoisotopic (exact) mass is 225 g/mol. The van der Waals surface area contributed by atoms with Crippen LogP contribution in [0.3, 0.4) is 0 Å². The first kappa shape index (κ1) is 11.7. The molecule has 0 amide bonds. The summed E-state index contributed by atoms with van der Waals surface area (Å²) in [6.07, 6.45) is 0. The second-order valence-corrected chi connectivity index (χ2v) is 3.22. The van der Waals surface area contributed by atoms with Gasteiger partial charge in [0.2, 0.25) is 5.82 Å². The molecule has 4 nitrogen and oxygen atoms in total. The third-order valence-corrected chi connectivity index (χ3v) is 1.90. The van der Waals surface area contributed by atoms with Crippen molar-refractivity contribution in [2.45, 2.75) is 13.0 Å². The number of rotatable bonds is 2. The molecule has 15 heavy (non-hydrogen) atoms. The molecule has 1 unspecified atom stereocenters. The zero-order valence-electron chi connectivity index (χ0n) is 8.35. The van der Waals surface area contributed by atoms with Gasteiger partial charge in [-0.2, -0.15) is 4.98 Å². The summed E-state index contributed by atoms with van der Waals surface area (Å²) in [5.41, 5.74) is 4.78. The average Bonchev–Trinajstić information content (AvgIpc) is 2.68. The van der Waals surface area contributed by atoms with Gasteiger partial charge in [0.25, 0.3) is 5.89 Å². The fourth-order valence-corrected chi connectivity index (χ4v) is 1.14. The SMILES string of the molecule is CC([NH3+])c1nc(-c2ccccc2)no1.[Cl-]. The Morgan fingerprint density at radius 1 is 1.27 bits per heavy atom. The molecule has 1 heterocycles. The van der Waals surface area contributed by atoms with Crippen LogP contribution < -0.4 is 18.1 Å². The molecule has 1 aromatic heterocycles. The van der Waals surface area contributed by atoms with Crippen LogP contribution in [0, 0.1) is 0 Å². The predicted molar refractivity (Wildman–Crippen MR) is 51.0 cm³/mol. The smallest absolute Gasteiger partial charge is 0.284 e. The highest BCUT2D eigenvalue weighted by Crippen LogP contribution is 2.16. The molecule has 0 bridgehead atoms. The van der Waals surface area contributed by atoms with Crippen LogP contribution in [0.15, 0.2) is 34.9 Å². The normalized spacial score (nSPS) is 11.9. The van der Waals surface area contributed by atoms with Crippen LogP contribution in [-0.2, 0) is 0 Å².